The van der Waals surface area contributed by atoms with E-state index >= 15 is 0 Å². The first-order valence-corrected chi connectivity index (χ1v) is 13.6. The van der Waals surface area contributed by atoms with Crippen LogP contribution < -0.4 is 10.0 Å². The molecule has 1 saturated heterocycles. The fourth-order valence-corrected chi connectivity index (χ4v) is 5.69. The van der Waals surface area contributed by atoms with Gasteiger partial charge in [0.2, 0.25) is 5.91 Å². The number of para-hydroxylation sites is 1. The van der Waals surface area contributed by atoms with Crippen molar-refractivity contribution in [2.45, 2.75) is 27.5 Å². The van der Waals surface area contributed by atoms with Gasteiger partial charge in [-0.2, -0.15) is 0 Å². The van der Waals surface area contributed by atoms with Gasteiger partial charge in [-0.3, -0.25) is 19.1 Å². The average molecular weight is 524 g/mol. The first kappa shape index (κ1) is 25.5. The molecule has 10 heteroatoms. The number of benzene rings is 3. The Balaban J connectivity index is 1.38. The number of sulfonamides is 1. The highest BCUT2D eigenvalue weighted by atomic mass is 32.2. The van der Waals surface area contributed by atoms with Gasteiger partial charge in [-0.05, 0) is 48.5 Å². The van der Waals surface area contributed by atoms with Crippen LogP contribution in [0.3, 0.4) is 0 Å². The monoisotopic (exact) mass is 523 g/mol. The third-order valence-corrected chi connectivity index (χ3v) is 8.07. The van der Waals surface area contributed by atoms with Gasteiger partial charge in [-0.1, -0.05) is 42.1 Å². The van der Waals surface area contributed by atoms with Gasteiger partial charge in [-0.15, -0.1) is 0 Å². The van der Waals surface area contributed by atoms with Gasteiger partial charge >= 0.3 is 0 Å². The Morgan fingerprint density at radius 3 is 2.19 bits per heavy atom. The van der Waals surface area contributed by atoms with E-state index in [-0.39, 0.29) is 28.7 Å². The smallest absolute Gasteiger partial charge is 0.261 e. The van der Waals surface area contributed by atoms with E-state index in [0.29, 0.717) is 31.6 Å². The third kappa shape index (κ3) is 6.52. The summed E-state index contributed by atoms with van der Waals surface area (Å²) in [6, 6.07) is 22.3. The van der Waals surface area contributed by atoms with Crippen LogP contribution in [0.15, 0.2) is 93.5 Å². The predicted molar refractivity (Wildman–Crippen MR) is 137 cm³/mol. The summed E-state index contributed by atoms with van der Waals surface area (Å²) < 4.78 is 28.6. The highest BCUT2D eigenvalue weighted by Gasteiger charge is 2.21. The number of nitrogens with one attached hydrogen (secondary N) is 2. The number of hydrogen-bond donors (Lipinski definition) is 2. The molecule has 0 spiro atoms. The second-order valence-electron chi connectivity index (χ2n) is 8.14. The van der Waals surface area contributed by atoms with Gasteiger partial charge in [0.25, 0.3) is 15.9 Å². The van der Waals surface area contributed by atoms with Gasteiger partial charge in [-0.25, -0.2) is 8.42 Å². The number of piperidine rings is 1. The Morgan fingerprint density at radius 2 is 1.50 bits per heavy atom. The summed E-state index contributed by atoms with van der Waals surface area (Å²) in [4.78, 5) is 39.3. The topological polar surface area (TPSA) is 113 Å². The maximum absolute atomic E-state index is 13.0. The van der Waals surface area contributed by atoms with E-state index in [9.17, 15) is 22.8 Å². The number of likely N-dealkylation sites (tertiary alicyclic amines) is 1. The second kappa shape index (κ2) is 11.4. The highest BCUT2D eigenvalue weighted by Crippen LogP contribution is 2.34. The molecule has 4 rings (SSSR count). The van der Waals surface area contributed by atoms with E-state index in [1.54, 1.807) is 17.0 Å². The number of Topliss-reactive ketones (excluding diaryl/α,β-unsaturated/α-hetero) is 1. The third-order valence-electron chi connectivity index (χ3n) is 5.60. The van der Waals surface area contributed by atoms with Crippen molar-refractivity contribution in [3.05, 3.63) is 84.4 Å². The summed E-state index contributed by atoms with van der Waals surface area (Å²) in [6.07, 6.45) is 0.665. The minimum Gasteiger partial charge on any atom is -0.343 e. The van der Waals surface area contributed by atoms with E-state index in [0.717, 1.165) is 9.79 Å². The quantitative estimate of drug-likeness (QED) is 0.467. The summed E-state index contributed by atoms with van der Waals surface area (Å²) >= 11 is 1.45. The normalized spacial score (nSPS) is 13.8. The Morgan fingerprint density at radius 1 is 0.861 bits per heavy atom. The van der Waals surface area contributed by atoms with Crippen molar-refractivity contribution in [3.63, 3.8) is 0 Å². The van der Waals surface area contributed by atoms with Crippen LogP contribution in [-0.4, -0.2) is 50.5 Å². The Hall–Kier alpha value is -3.63. The summed E-state index contributed by atoms with van der Waals surface area (Å²) in [5, 5.41) is 2.55. The molecule has 0 bridgehead atoms. The van der Waals surface area contributed by atoms with Crippen molar-refractivity contribution in [1.82, 2.24) is 10.2 Å². The number of rotatable bonds is 8. The molecule has 1 aliphatic heterocycles. The molecule has 186 valence electrons. The van der Waals surface area contributed by atoms with Crippen LogP contribution in [0.5, 0.6) is 0 Å². The van der Waals surface area contributed by atoms with Crippen molar-refractivity contribution < 1.29 is 22.8 Å². The van der Waals surface area contributed by atoms with Gasteiger partial charge in [0.05, 0.1) is 17.1 Å². The van der Waals surface area contributed by atoms with Crippen LogP contribution in [0.2, 0.25) is 0 Å². The first-order chi connectivity index (χ1) is 17.3. The summed E-state index contributed by atoms with van der Waals surface area (Å²) in [5.41, 5.74) is 0.682. The molecule has 0 aliphatic carbocycles. The lowest BCUT2D eigenvalue weighted by molar-refractivity contribution is -0.133. The van der Waals surface area contributed by atoms with Crippen LogP contribution in [0, 0.1) is 0 Å². The number of ketones is 1. The van der Waals surface area contributed by atoms with Crippen LogP contribution in [0.4, 0.5) is 5.69 Å². The average Bonchev–Trinajstić information content (AvgIpc) is 2.89. The van der Waals surface area contributed by atoms with Crippen LogP contribution in [-0.2, 0) is 19.6 Å². The SMILES string of the molecule is O=C1CCN(C(=O)CNC(=O)c2ccc(S(=O)(=O)Nc3ccccc3Sc3ccccc3)cc2)CC1. The van der Waals surface area contributed by atoms with Crippen molar-refractivity contribution in [2.75, 3.05) is 24.4 Å². The number of carbonyl (C=O) groups is 3. The molecule has 0 aromatic heterocycles. The molecule has 3 aromatic carbocycles. The van der Waals surface area contributed by atoms with E-state index in [1.807, 2.05) is 42.5 Å². The van der Waals surface area contributed by atoms with Crippen molar-refractivity contribution >= 4 is 45.1 Å². The maximum Gasteiger partial charge on any atom is 0.261 e. The molecule has 1 aliphatic rings. The zero-order chi connectivity index (χ0) is 25.5. The minimum absolute atomic E-state index is 0.00706. The zero-order valence-corrected chi connectivity index (χ0v) is 21.0. The molecule has 2 N–H and O–H groups in total. The number of anilines is 1. The van der Waals surface area contributed by atoms with E-state index < -0.39 is 15.9 Å². The molecule has 1 fully saturated rings. The van der Waals surface area contributed by atoms with Gasteiger partial charge in [0.1, 0.15) is 5.78 Å². The number of carbonyl (C=O) groups excluding carboxylic acids is 3. The second-order valence-corrected chi connectivity index (χ2v) is 10.9. The molecular weight excluding hydrogens is 498 g/mol. The lowest BCUT2D eigenvalue weighted by atomic mass is 10.1. The van der Waals surface area contributed by atoms with Crippen molar-refractivity contribution in [1.29, 1.82) is 0 Å². The van der Waals surface area contributed by atoms with Gasteiger partial charge < -0.3 is 10.2 Å². The maximum atomic E-state index is 13.0. The molecule has 0 radical (unpaired) electrons. The summed E-state index contributed by atoms with van der Waals surface area (Å²) in [6.45, 7) is 0.532. The standard InChI is InChI=1S/C26H25N3O5S2/c30-20-14-16-29(17-15-20)25(31)18-27-26(32)19-10-12-22(13-11-19)36(33,34)28-23-8-4-5-9-24(23)35-21-6-2-1-3-7-21/h1-13,28H,14-18H2,(H,27,32). The van der Waals surface area contributed by atoms with Gasteiger partial charge in [0.15, 0.2) is 0 Å². The molecule has 3 aromatic rings. The van der Waals surface area contributed by atoms with E-state index in [1.165, 1.54) is 36.0 Å². The summed E-state index contributed by atoms with van der Waals surface area (Å²) in [5.74, 6) is -0.615. The number of nitrogens with zero attached hydrogens (tertiary/aromatic N) is 1. The largest absolute Gasteiger partial charge is 0.343 e. The van der Waals surface area contributed by atoms with Crippen molar-refractivity contribution in [3.8, 4) is 0 Å². The van der Waals surface area contributed by atoms with Crippen LogP contribution >= 0.6 is 11.8 Å². The number of amides is 2. The fraction of sp³-hybridized carbons (Fsp3) is 0.192. The Bertz CT molecular complexity index is 1350. The highest BCUT2D eigenvalue weighted by molar-refractivity contribution is 7.99. The molecule has 0 saturated carbocycles. The first-order valence-electron chi connectivity index (χ1n) is 11.3. The molecule has 1 heterocycles. The zero-order valence-electron chi connectivity index (χ0n) is 19.3. The van der Waals surface area contributed by atoms with Crippen LogP contribution in [0.1, 0.15) is 23.2 Å². The Labute approximate surface area is 214 Å². The van der Waals surface area contributed by atoms with Crippen LogP contribution in [0.25, 0.3) is 0 Å². The number of hydrogen-bond acceptors (Lipinski definition) is 6. The molecule has 0 atom stereocenters. The predicted octanol–water partition coefficient (Wildman–Crippen LogP) is 3.56. The fourth-order valence-electron chi connectivity index (χ4n) is 3.62. The summed E-state index contributed by atoms with van der Waals surface area (Å²) in [7, 11) is -3.90. The van der Waals surface area contributed by atoms with E-state index in [2.05, 4.69) is 10.0 Å². The lowest BCUT2D eigenvalue weighted by Gasteiger charge is -2.26. The van der Waals surface area contributed by atoms with Crippen molar-refractivity contribution in [2.24, 2.45) is 0 Å². The molecular formula is C26H25N3O5S2. The molecule has 2 amide bonds. The molecule has 8 nitrogen and oxygen atoms in total. The molecule has 36 heavy (non-hydrogen) atoms. The van der Waals surface area contributed by atoms with E-state index in [4.69, 9.17) is 0 Å². The molecule has 0 unspecified atom stereocenters. The lowest BCUT2D eigenvalue weighted by Crippen LogP contribution is -2.44. The van der Waals surface area contributed by atoms with Gasteiger partial charge in [0, 0.05) is 41.3 Å². The minimum atomic E-state index is -3.90. The Kier molecular flexibility index (Phi) is 8.07.